The molecule has 0 saturated carbocycles. The minimum Gasteiger partial charge on any atom is -0.494 e. The number of methoxy groups -OCH3 is 1. The van der Waals surface area contributed by atoms with Gasteiger partial charge in [0, 0.05) is 19.5 Å². The van der Waals surface area contributed by atoms with Gasteiger partial charge in [-0.15, -0.1) is 0 Å². The second-order valence-electron chi connectivity index (χ2n) is 8.67. The highest BCUT2D eigenvalue weighted by Crippen LogP contribution is 2.23. The Kier molecular flexibility index (Phi) is 8.32. The summed E-state index contributed by atoms with van der Waals surface area (Å²) in [5.41, 5.74) is 1.81. The zero-order valence-electron chi connectivity index (χ0n) is 20.6. The molecule has 4 rings (SSSR count). The van der Waals surface area contributed by atoms with E-state index < -0.39 is 40.1 Å². The highest BCUT2D eigenvalue weighted by Gasteiger charge is 2.35. The number of rotatable bonds is 9. The SMILES string of the molecule is COc1cc(CNC(=O)c2cc(C3=NO[C@H]([C@H]4CO[C@H](CNS(C)(=O)=O)CO4)C3)nc(C)n2)ccc1F. The Morgan fingerprint density at radius 1 is 1.19 bits per heavy atom. The molecule has 2 aliphatic heterocycles. The largest absolute Gasteiger partial charge is 0.494 e. The maximum absolute atomic E-state index is 13.6. The van der Waals surface area contributed by atoms with Gasteiger partial charge in [-0.3, -0.25) is 4.79 Å². The molecule has 1 amide bonds. The molecule has 2 N–H and O–H groups in total. The third kappa shape index (κ3) is 7.19. The summed E-state index contributed by atoms with van der Waals surface area (Å²) in [5, 5.41) is 6.89. The number of sulfonamides is 1. The first-order valence-electron chi connectivity index (χ1n) is 11.5. The summed E-state index contributed by atoms with van der Waals surface area (Å²) in [6, 6.07) is 5.87. The monoisotopic (exact) mass is 537 g/mol. The van der Waals surface area contributed by atoms with Gasteiger partial charge in [0.25, 0.3) is 5.91 Å². The van der Waals surface area contributed by atoms with Crippen molar-refractivity contribution in [3.8, 4) is 5.75 Å². The van der Waals surface area contributed by atoms with Crippen LogP contribution in [0, 0.1) is 12.7 Å². The van der Waals surface area contributed by atoms with E-state index in [0.717, 1.165) is 6.26 Å². The van der Waals surface area contributed by atoms with Crippen LogP contribution in [0.25, 0.3) is 0 Å². The van der Waals surface area contributed by atoms with Gasteiger partial charge in [0.15, 0.2) is 17.7 Å². The zero-order chi connectivity index (χ0) is 26.6. The maximum Gasteiger partial charge on any atom is 0.270 e. The quantitative estimate of drug-likeness (QED) is 0.471. The predicted octanol–water partition coefficient (Wildman–Crippen LogP) is 0.689. The van der Waals surface area contributed by atoms with Gasteiger partial charge in [-0.25, -0.2) is 27.5 Å². The molecule has 37 heavy (non-hydrogen) atoms. The van der Waals surface area contributed by atoms with Gasteiger partial charge in [0.05, 0.1) is 38.4 Å². The molecule has 2 aromatic rings. The summed E-state index contributed by atoms with van der Waals surface area (Å²) in [5.74, 6) is -0.436. The van der Waals surface area contributed by atoms with Gasteiger partial charge in [0.2, 0.25) is 10.0 Å². The van der Waals surface area contributed by atoms with Crippen LogP contribution in [-0.4, -0.2) is 81.4 Å². The van der Waals surface area contributed by atoms with Crippen LogP contribution in [0.3, 0.4) is 0 Å². The molecule has 0 bridgehead atoms. The van der Waals surface area contributed by atoms with Crippen LogP contribution in [-0.2, 0) is 30.9 Å². The Labute approximate surface area is 213 Å². The molecular weight excluding hydrogens is 509 g/mol. The highest BCUT2D eigenvalue weighted by molar-refractivity contribution is 7.88. The Hall–Kier alpha value is -3.20. The Morgan fingerprint density at radius 3 is 2.70 bits per heavy atom. The maximum atomic E-state index is 13.6. The number of carbonyl (C=O) groups excluding carboxylic acids is 1. The van der Waals surface area contributed by atoms with Gasteiger partial charge in [0.1, 0.15) is 23.3 Å². The van der Waals surface area contributed by atoms with Crippen molar-refractivity contribution in [1.82, 2.24) is 20.0 Å². The van der Waals surface area contributed by atoms with Crippen LogP contribution in [0.15, 0.2) is 29.4 Å². The Bertz CT molecular complexity index is 1280. The number of aromatic nitrogens is 2. The number of nitrogens with one attached hydrogen (secondary N) is 2. The van der Waals surface area contributed by atoms with E-state index in [4.69, 9.17) is 19.0 Å². The first kappa shape index (κ1) is 26.9. The fraction of sp³-hybridized carbons (Fsp3) is 0.478. The first-order valence-corrected chi connectivity index (χ1v) is 13.4. The summed E-state index contributed by atoms with van der Waals surface area (Å²) in [6.45, 7) is 2.37. The molecule has 0 spiro atoms. The fourth-order valence-electron chi connectivity index (χ4n) is 3.80. The molecule has 0 aliphatic carbocycles. The van der Waals surface area contributed by atoms with E-state index in [1.165, 1.54) is 25.3 Å². The third-order valence-corrected chi connectivity index (χ3v) is 6.40. The number of nitrogens with zero attached hydrogens (tertiary/aromatic N) is 3. The lowest BCUT2D eigenvalue weighted by molar-refractivity contribution is -0.168. The van der Waals surface area contributed by atoms with Gasteiger partial charge >= 0.3 is 0 Å². The third-order valence-electron chi connectivity index (χ3n) is 5.71. The normalized spacial score (nSPS) is 21.7. The van der Waals surface area contributed by atoms with Crippen LogP contribution >= 0.6 is 0 Å². The molecule has 12 nitrogen and oxygen atoms in total. The second kappa shape index (κ2) is 11.5. The standard InChI is InChI=1S/C23H28FN5O7S/c1-13-27-17(7-19(28-13)23(30)25-9-14-4-5-16(24)20(6-14)33-2)18-8-21(36-29-18)22-12-34-15(11-35-22)10-26-37(3,31)32/h4-7,15,21-22,26H,8-12H2,1-3H3,(H,25,30)/t15-,21+,22-/m1/s1. The number of ether oxygens (including phenoxy) is 3. The van der Waals surface area contributed by atoms with E-state index in [2.05, 4.69) is 25.2 Å². The van der Waals surface area contributed by atoms with Crippen molar-refractivity contribution in [2.24, 2.45) is 5.16 Å². The number of benzene rings is 1. The number of oxime groups is 1. The van der Waals surface area contributed by atoms with Crippen molar-refractivity contribution in [3.63, 3.8) is 0 Å². The summed E-state index contributed by atoms with van der Waals surface area (Å²) in [6.07, 6.45) is 0.258. The summed E-state index contributed by atoms with van der Waals surface area (Å²) in [4.78, 5) is 26.9. The molecule has 3 atom stereocenters. The first-order chi connectivity index (χ1) is 17.6. The smallest absolute Gasteiger partial charge is 0.270 e. The molecular formula is C23H28FN5O7S. The van der Waals surface area contributed by atoms with Crippen molar-refractivity contribution >= 4 is 21.6 Å². The van der Waals surface area contributed by atoms with Gasteiger partial charge in [-0.2, -0.15) is 0 Å². The summed E-state index contributed by atoms with van der Waals surface area (Å²) >= 11 is 0. The molecule has 2 aliphatic rings. The van der Waals surface area contributed by atoms with Crippen molar-refractivity contribution in [2.45, 2.75) is 38.2 Å². The van der Waals surface area contributed by atoms with Crippen LogP contribution < -0.4 is 14.8 Å². The molecule has 200 valence electrons. The van der Waals surface area contributed by atoms with Crippen molar-refractivity contribution in [3.05, 3.63) is 52.9 Å². The van der Waals surface area contributed by atoms with Gasteiger partial charge < -0.3 is 24.4 Å². The van der Waals surface area contributed by atoms with E-state index in [0.29, 0.717) is 29.2 Å². The number of amides is 1. The summed E-state index contributed by atoms with van der Waals surface area (Å²) < 4.78 is 55.0. The second-order valence-corrected chi connectivity index (χ2v) is 10.5. The molecule has 14 heteroatoms. The zero-order valence-corrected chi connectivity index (χ0v) is 21.4. The number of hydrogen-bond acceptors (Lipinski definition) is 10. The Balaban J connectivity index is 1.33. The number of halogens is 1. The molecule has 0 radical (unpaired) electrons. The van der Waals surface area contributed by atoms with Gasteiger partial charge in [-0.05, 0) is 30.7 Å². The lowest BCUT2D eigenvalue weighted by Crippen LogP contribution is -2.46. The van der Waals surface area contributed by atoms with Crippen LogP contribution in [0.4, 0.5) is 4.39 Å². The van der Waals surface area contributed by atoms with E-state index in [1.807, 2.05) is 0 Å². The number of hydrogen-bond donors (Lipinski definition) is 2. The van der Waals surface area contributed by atoms with Crippen LogP contribution in [0.5, 0.6) is 5.75 Å². The average Bonchev–Trinajstić information content (AvgIpc) is 3.37. The van der Waals surface area contributed by atoms with Gasteiger partial charge in [-0.1, -0.05) is 11.2 Å². The van der Waals surface area contributed by atoms with Crippen LogP contribution in [0.2, 0.25) is 0 Å². The number of carbonyl (C=O) groups is 1. The molecule has 1 aromatic heterocycles. The van der Waals surface area contributed by atoms with Crippen molar-refractivity contribution < 1.29 is 36.7 Å². The average molecular weight is 538 g/mol. The summed E-state index contributed by atoms with van der Waals surface area (Å²) in [7, 11) is -1.94. The topological polar surface area (TPSA) is 150 Å². The minimum absolute atomic E-state index is 0.0918. The highest BCUT2D eigenvalue weighted by atomic mass is 32.2. The minimum atomic E-state index is -3.31. The lowest BCUT2D eigenvalue weighted by Gasteiger charge is -2.31. The van der Waals surface area contributed by atoms with E-state index >= 15 is 0 Å². The molecule has 3 heterocycles. The van der Waals surface area contributed by atoms with E-state index in [9.17, 15) is 17.6 Å². The predicted molar refractivity (Wildman–Crippen MR) is 129 cm³/mol. The fourth-order valence-corrected chi connectivity index (χ4v) is 4.29. The molecule has 1 fully saturated rings. The number of aryl methyl sites for hydroxylation is 1. The molecule has 1 saturated heterocycles. The van der Waals surface area contributed by atoms with Crippen molar-refractivity contribution in [1.29, 1.82) is 0 Å². The van der Waals surface area contributed by atoms with Crippen molar-refractivity contribution in [2.75, 3.05) is 33.1 Å². The lowest BCUT2D eigenvalue weighted by atomic mass is 10.0. The van der Waals surface area contributed by atoms with E-state index in [1.54, 1.807) is 13.0 Å². The molecule has 0 unspecified atom stereocenters. The molecule has 1 aromatic carbocycles. The van der Waals surface area contributed by atoms with E-state index in [-0.39, 0.29) is 37.7 Å². The van der Waals surface area contributed by atoms with Crippen LogP contribution in [0.1, 0.15) is 34.0 Å². The Morgan fingerprint density at radius 2 is 2.00 bits per heavy atom.